The fourth-order valence-corrected chi connectivity index (χ4v) is 2.89. The number of nitrogens with one attached hydrogen (secondary N) is 1. The van der Waals surface area contributed by atoms with Crippen molar-refractivity contribution in [2.24, 2.45) is 5.41 Å². The van der Waals surface area contributed by atoms with Gasteiger partial charge in [0.05, 0.1) is 12.5 Å². The van der Waals surface area contributed by atoms with E-state index in [0.717, 1.165) is 18.7 Å². The van der Waals surface area contributed by atoms with Gasteiger partial charge in [0.2, 0.25) is 6.41 Å². The first-order chi connectivity index (χ1) is 9.47. The van der Waals surface area contributed by atoms with Gasteiger partial charge in [-0.2, -0.15) is 5.26 Å². The van der Waals surface area contributed by atoms with E-state index in [2.05, 4.69) is 37.1 Å². The molecule has 1 heterocycles. The molecule has 0 spiro atoms. The minimum atomic E-state index is 0.146. The lowest BCUT2D eigenvalue weighted by molar-refractivity contribution is -0.105. The van der Waals surface area contributed by atoms with Gasteiger partial charge in [0.1, 0.15) is 0 Å². The average Bonchev–Trinajstić information content (AvgIpc) is 2.74. The van der Waals surface area contributed by atoms with Crippen molar-refractivity contribution in [3.63, 3.8) is 0 Å². The molecule has 0 fully saturated rings. The normalized spacial score (nSPS) is 17.5. The molecule has 2 rings (SSSR count). The number of amides is 1. The first-order valence-electron chi connectivity index (χ1n) is 6.94. The van der Waals surface area contributed by atoms with Crippen LogP contribution in [0, 0.1) is 16.7 Å². The van der Waals surface area contributed by atoms with Gasteiger partial charge in [-0.25, -0.2) is 0 Å². The SMILES string of the molecule is CC(C)(C)C1Cc2cc(NC=O)ccc2N1CCC#N. The number of nitrogens with zero attached hydrogens (tertiary/aromatic N) is 2. The van der Waals surface area contributed by atoms with Gasteiger partial charge in [-0.3, -0.25) is 4.79 Å². The third kappa shape index (κ3) is 2.77. The van der Waals surface area contributed by atoms with Crippen LogP contribution in [0.3, 0.4) is 0 Å². The van der Waals surface area contributed by atoms with Crippen molar-refractivity contribution >= 4 is 17.8 Å². The van der Waals surface area contributed by atoms with E-state index >= 15 is 0 Å². The van der Waals surface area contributed by atoms with Crippen LogP contribution < -0.4 is 10.2 Å². The molecule has 0 saturated heterocycles. The summed E-state index contributed by atoms with van der Waals surface area (Å²) >= 11 is 0. The van der Waals surface area contributed by atoms with Crippen molar-refractivity contribution < 1.29 is 4.79 Å². The lowest BCUT2D eigenvalue weighted by Gasteiger charge is -2.36. The van der Waals surface area contributed by atoms with E-state index in [4.69, 9.17) is 5.26 Å². The lowest BCUT2D eigenvalue weighted by Crippen LogP contribution is -2.42. The van der Waals surface area contributed by atoms with E-state index in [1.807, 2.05) is 18.2 Å². The summed E-state index contributed by atoms with van der Waals surface area (Å²) in [4.78, 5) is 12.9. The van der Waals surface area contributed by atoms with Crippen LogP contribution in [-0.4, -0.2) is 19.0 Å². The number of carbonyl (C=O) groups excluding carboxylic acids is 1. The summed E-state index contributed by atoms with van der Waals surface area (Å²) in [6, 6.07) is 8.61. The Bertz CT molecular complexity index is 540. The van der Waals surface area contributed by atoms with Crippen LogP contribution in [0.4, 0.5) is 11.4 Å². The van der Waals surface area contributed by atoms with Gasteiger partial charge in [-0.15, -0.1) is 0 Å². The Hall–Kier alpha value is -2.02. The number of carbonyl (C=O) groups is 1. The molecule has 1 N–H and O–H groups in total. The minimum absolute atomic E-state index is 0.146. The number of benzene rings is 1. The highest BCUT2D eigenvalue weighted by molar-refractivity contribution is 5.74. The smallest absolute Gasteiger partial charge is 0.211 e. The Kier molecular flexibility index (Phi) is 3.99. The highest BCUT2D eigenvalue weighted by Gasteiger charge is 2.36. The van der Waals surface area contributed by atoms with Gasteiger partial charge >= 0.3 is 0 Å². The highest BCUT2D eigenvalue weighted by atomic mass is 16.1. The summed E-state index contributed by atoms with van der Waals surface area (Å²) < 4.78 is 0. The van der Waals surface area contributed by atoms with Crippen molar-refractivity contribution in [2.45, 2.75) is 39.7 Å². The predicted octanol–water partition coefficient (Wildman–Crippen LogP) is 2.95. The second-order valence-corrected chi connectivity index (χ2v) is 6.29. The van der Waals surface area contributed by atoms with Gasteiger partial charge in [0.15, 0.2) is 0 Å². The quantitative estimate of drug-likeness (QED) is 0.857. The van der Waals surface area contributed by atoms with Crippen LogP contribution in [0.5, 0.6) is 0 Å². The molecule has 0 radical (unpaired) electrons. The molecule has 1 aliphatic heterocycles. The number of fused-ring (bicyclic) bond motifs is 1. The van der Waals surface area contributed by atoms with Crippen LogP contribution in [0.15, 0.2) is 18.2 Å². The van der Waals surface area contributed by atoms with Crippen LogP contribution in [0.1, 0.15) is 32.8 Å². The fourth-order valence-electron chi connectivity index (χ4n) is 2.89. The molecule has 0 bridgehead atoms. The molecule has 0 aromatic heterocycles. The third-order valence-electron chi connectivity index (χ3n) is 3.87. The van der Waals surface area contributed by atoms with E-state index in [9.17, 15) is 4.79 Å². The molecule has 1 unspecified atom stereocenters. The number of rotatable bonds is 4. The van der Waals surface area contributed by atoms with Gasteiger partial charge in [-0.05, 0) is 35.6 Å². The number of nitriles is 1. The minimum Gasteiger partial charge on any atom is -0.366 e. The molecule has 1 amide bonds. The summed E-state index contributed by atoms with van der Waals surface area (Å²) in [6.07, 6.45) is 2.18. The molecular weight excluding hydrogens is 250 g/mol. The van der Waals surface area contributed by atoms with Crippen molar-refractivity contribution in [2.75, 3.05) is 16.8 Å². The molecule has 1 aromatic rings. The Morgan fingerprint density at radius 2 is 2.25 bits per heavy atom. The topological polar surface area (TPSA) is 56.1 Å². The fraction of sp³-hybridized carbons (Fsp3) is 0.500. The van der Waals surface area contributed by atoms with Crippen LogP contribution in [0.2, 0.25) is 0 Å². The van der Waals surface area contributed by atoms with Crippen molar-refractivity contribution in [3.8, 4) is 6.07 Å². The highest BCUT2D eigenvalue weighted by Crippen LogP contribution is 2.40. The number of hydrogen-bond acceptors (Lipinski definition) is 3. The maximum Gasteiger partial charge on any atom is 0.211 e. The van der Waals surface area contributed by atoms with Crippen LogP contribution in [0.25, 0.3) is 0 Å². The summed E-state index contributed by atoms with van der Waals surface area (Å²) in [5, 5.41) is 11.5. The van der Waals surface area contributed by atoms with Crippen LogP contribution in [-0.2, 0) is 11.2 Å². The Morgan fingerprint density at radius 3 is 2.85 bits per heavy atom. The zero-order chi connectivity index (χ0) is 14.8. The summed E-state index contributed by atoms with van der Waals surface area (Å²) in [5.41, 5.74) is 3.41. The molecule has 1 atom stereocenters. The molecule has 1 aromatic carbocycles. The second-order valence-electron chi connectivity index (χ2n) is 6.29. The average molecular weight is 271 g/mol. The zero-order valence-corrected chi connectivity index (χ0v) is 12.3. The molecule has 4 heteroatoms. The Morgan fingerprint density at radius 1 is 1.50 bits per heavy atom. The van der Waals surface area contributed by atoms with Crippen molar-refractivity contribution in [1.82, 2.24) is 0 Å². The maximum atomic E-state index is 10.5. The first-order valence-corrected chi connectivity index (χ1v) is 6.94. The molecule has 106 valence electrons. The number of hydrogen-bond donors (Lipinski definition) is 1. The van der Waals surface area contributed by atoms with Crippen LogP contribution >= 0.6 is 0 Å². The summed E-state index contributed by atoms with van der Waals surface area (Å²) in [5.74, 6) is 0. The molecule has 0 aliphatic carbocycles. The summed E-state index contributed by atoms with van der Waals surface area (Å²) in [7, 11) is 0. The molecule has 0 saturated carbocycles. The Labute approximate surface area is 120 Å². The third-order valence-corrected chi connectivity index (χ3v) is 3.87. The zero-order valence-electron chi connectivity index (χ0n) is 12.3. The molecular formula is C16H21N3O. The maximum absolute atomic E-state index is 10.5. The van der Waals surface area contributed by atoms with Gasteiger partial charge in [0.25, 0.3) is 0 Å². The van der Waals surface area contributed by atoms with Gasteiger partial charge in [-0.1, -0.05) is 20.8 Å². The summed E-state index contributed by atoms with van der Waals surface area (Å²) in [6.45, 7) is 7.44. The largest absolute Gasteiger partial charge is 0.366 e. The van der Waals surface area contributed by atoms with E-state index in [1.54, 1.807) is 0 Å². The van der Waals surface area contributed by atoms with E-state index in [0.29, 0.717) is 18.9 Å². The molecule has 20 heavy (non-hydrogen) atoms. The number of anilines is 2. The first kappa shape index (κ1) is 14.4. The monoisotopic (exact) mass is 271 g/mol. The molecule has 1 aliphatic rings. The van der Waals surface area contributed by atoms with E-state index in [-0.39, 0.29) is 5.41 Å². The van der Waals surface area contributed by atoms with E-state index < -0.39 is 0 Å². The predicted molar refractivity (Wildman–Crippen MR) is 80.7 cm³/mol. The Balaban J connectivity index is 2.33. The van der Waals surface area contributed by atoms with Crippen molar-refractivity contribution in [1.29, 1.82) is 5.26 Å². The second kappa shape index (κ2) is 5.54. The van der Waals surface area contributed by atoms with Gasteiger partial charge < -0.3 is 10.2 Å². The van der Waals surface area contributed by atoms with Crippen molar-refractivity contribution in [3.05, 3.63) is 23.8 Å². The lowest BCUT2D eigenvalue weighted by atomic mass is 9.84. The standard InChI is InChI=1S/C16H21N3O/c1-16(2,3)15-10-12-9-13(18-11-20)5-6-14(12)19(15)8-4-7-17/h5-6,9,11,15H,4,8,10H2,1-3H3,(H,18,20). The molecule has 4 nitrogen and oxygen atoms in total. The van der Waals surface area contributed by atoms with Gasteiger partial charge in [0, 0.05) is 24.0 Å². The van der Waals surface area contributed by atoms with E-state index in [1.165, 1.54) is 11.3 Å².